The van der Waals surface area contributed by atoms with Crippen LogP contribution in [0.2, 0.25) is 0 Å². The Kier molecular flexibility index (Phi) is 8.43. The van der Waals surface area contributed by atoms with E-state index in [0.717, 1.165) is 72.1 Å². The third-order valence-electron chi connectivity index (χ3n) is 12.7. The lowest BCUT2D eigenvalue weighted by atomic mass is 9.88. The van der Waals surface area contributed by atoms with Gasteiger partial charge < -0.3 is 9.73 Å². The highest BCUT2D eigenvalue weighted by Gasteiger charge is 2.24. The van der Waals surface area contributed by atoms with Crippen molar-refractivity contribution in [1.29, 1.82) is 0 Å². The molecule has 1 unspecified atom stereocenters. The molecular formula is C59H37N3OS. The molecule has 0 fully saturated rings. The Morgan fingerprint density at radius 2 is 1.08 bits per heavy atom. The fourth-order valence-electron chi connectivity index (χ4n) is 9.59. The van der Waals surface area contributed by atoms with E-state index in [0.29, 0.717) is 5.84 Å². The van der Waals surface area contributed by atoms with Crippen molar-refractivity contribution in [2.45, 2.75) is 6.17 Å². The molecule has 13 rings (SSSR count). The Labute approximate surface area is 373 Å². The fourth-order valence-corrected chi connectivity index (χ4v) is 10.7. The van der Waals surface area contributed by atoms with Gasteiger partial charge >= 0.3 is 0 Å². The highest BCUT2D eigenvalue weighted by molar-refractivity contribution is 7.25. The maximum atomic E-state index is 6.66. The number of benzene rings is 10. The number of thiophene rings is 1. The molecule has 3 heterocycles. The van der Waals surface area contributed by atoms with Crippen LogP contribution < -0.4 is 5.32 Å². The first-order valence-corrected chi connectivity index (χ1v) is 22.5. The molecular weight excluding hydrogens is 799 g/mol. The van der Waals surface area contributed by atoms with Crippen molar-refractivity contribution < 1.29 is 4.42 Å². The van der Waals surface area contributed by atoms with E-state index >= 15 is 0 Å². The van der Waals surface area contributed by atoms with E-state index in [9.17, 15) is 0 Å². The molecule has 0 amide bonds. The Morgan fingerprint density at radius 3 is 1.92 bits per heavy atom. The summed E-state index contributed by atoms with van der Waals surface area (Å²) in [6.07, 6.45) is -0.349. The van der Waals surface area contributed by atoms with Gasteiger partial charge in [-0.1, -0.05) is 170 Å². The molecule has 0 bridgehead atoms. The second-order valence-corrected chi connectivity index (χ2v) is 17.6. The summed E-state index contributed by atoms with van der Waals surface area (Å²) in [6.45, 7) is 0. The Hall–Kier alpha value is -8.12. The number of fused-ring (bicyclic) bond motifs is 8. The summed E-state index contributed by atoms with van der Waals surface area (Å²) >= 11 is 1.83. The number of nitrogens with one attached hydrogen (secondary N) is 1. The Morgan fingerprint density at radius 1 is 0.422 bits per heavy atom. The molecule has 0 saturated carbocycles. The van der Waals surface area contributed by atoms with E-state index in [1.165, 1.54) is 47.5 Å². The van der Waals surface area contributed by atoms with Crippen LogP contribution in [0, 0.1) is 0 Å². The maximum absolute atomic E-state index is 6.66. The number of hydrogen-bond acceptors (Lipinski definition) is 5. The molecule has 0 aliphatic carbocycles. The molecule has 10 aromatic carbocycles. The first-order valence-electron chi connectivity index (χ1n) is 21.7. The minimum Gasteiger partial charge on any atom is -0.456 e. The minimum absolute atomic E-state index is 0.349. The van der Waals surface area contributed by atoms with Gasteiger partial charge in [0.1, 0.15) is 23.2 Å². The third-order valence-corrected chi connectivity index (χ3v) is 13.9. The number of aliphatic imine (C=N–C) groups is 2. The van der Waals surface area contributed by atoms with E-state index in [2.05, 4.69) is 212 Å². The highest BCUT2D eigenvalue weighted by Crippen LogP contribution is 2.45. The van der Waals surface area contributed by atoms with Gasteiger partial charge in [0, 0.05) is 47.6 Å². The molecule has 12 aromatic rings. The van der Waals surface area contributed by atoms with Crippen LogP contribution in [0.15, 0.2) is 227 Å². The molecule has 300 valence electrons. The van der Waals surface area contributed by atoms with Crippen molar-refractivity contribution in [2.24, 2.45) is 9.98 Å². The van der Waals surface area contributed by atoms with Crippen LogP contribution in [0.25, 0.3) is 97.0 Å². The average molecular weight is 836 g/mol. The number of nitrogens with zero attached hydrogens (tertiary/aromatic N) is 2. The first-order chi connectivity index (χ1) is 31.7. The number of rotatable bonds is 6. The van der Waals surface area contributed by atoms with E-state index in [1.54, 1.807) is 0 Å². The summed E-state index contributed by atoms with van der Waals surface area (Å²) in [5, 5.41) is 13.2. The Bertz CT molecular complexity index is 3860. The summed E-state index contributed by atoms with van der Waals surface area (Å²) in [7, 11) is 0. The second-order valence-electron chi connectivity index (χ2n) is 16.5. The van der Waals surface area contributed by atoms with Gasteiger partial charge in [-0.2, -0.15) is 0 Å². The first kappa shape index (κ1) is 36.5. The normalized spacial score (nSPS) is 14.1. The summed E-state index contributed by atoms with van der Waals surface area (Å²) in [4.78, 5) is 10.6. The second kappa shape index (κ2) is 14.8. The smallest absolute Gasteiger partial charge is 0.159 e. The minimum atomic E-state index is -0.349. The van der Waals surface area contributed by atoms with E-state index in [1.807, 2.05) is 17.4 Å². The van der Waals surface area contributed by atoms with Gasteiger partial charge in [-0.15, -0.1) is 11.3 Å². The van der Waals surface area contributed by atoms with Gasteiger partial charge in [0.25, 0.3) is 0 Å². The molecule has 1 N–H and O–H groups in total. The molecule has 2 aromatic heterocycles. The number of amidine groups is 2. The Balaban J connectivity index is 0.957. The van der Waals surface area contributed by atoms with Crippen molar-refractivity contribution in [1.82, 2.24) is 5.32 Å². The van der Waals surface area contributed by atoms with E-state index in [4.69, 9.17) is 14.4 Å². The predicted molar refractivity (Wildman–Crippen MR) is 270 cm³/mol. The lowest BCUT2D eigenvalue weighted by molar-refractivity contribution is 0.669. The topological polar surface area (TPSA) is 49.9 Å². The molecule has 0 radical (unpaired) electrons. The van der Waals surface area contributed by atoms with Crippen molar-refractivity contribution in [2.75, 3.05) is 0 Å². The number of furan rings is 1. The molecule has 0 saturated heterocycles. The lowest BCUT2D eigenvalue weighted by Gasteiger charge is -2.24. The molecule has 5 heteroatoms. The van der Waals surface area contributed by atoms with Crippen LogP contribution in [-0.2, 0) is 0 Å². The predicted octanol–water partition coefficient (Wildman–Crippen LogP) is 15.8. The van der Waals surface area contributed by atoms with Crippen LogP contribution in [0.5, 0.6) is 0 Å². The van der Waals surface area contributed by atoms with Crippen molar-refractivity contribution >= 4 is 86.7 Å². The average Bonchev–Trinajstić information content (AvgIpc) is 3.93. The van der Waals surface area contributed by atoms with E-state index in [-0.39, 0.29) is 6.17 Å². The van der Waals surface area contributed by atoms with Crippen LogP contribution in [0.4, 0.5) is 0 Å². The molecule has 64 heavy (non-hydrogen) atoms. The molecule has 0 spiro atoms. The monoisotopic (exact) mass is 835 g/mol. The number of hydrogen-bond donors (Lipinski definition) is 1. The maximum Gasteiger partial charge on any atom is 0.159 e. The fraction of sp³-hybridized carbons (Fsp3) is 0.0169. The summed E-state index contributed by atoms with van der Waals surface area (Å²) < 4.78 is 9.21. The quantitative estimate of drug-likeness (QED) is 0.181. The molecule has 4 nitrogen and oxygen atoms in total. The molecule has 1 aliphatic heterocycles. The van der Waals surface area contributed by atoms with Crippen molar-refractivity contribution in [3.63, 3.8) is 0 Å². The van der Waals surface area contributed by atoms with Gasteiger partial charge in [-0.3, -0.25) is 0 Å². The van der Waals surface area contributed by atoms with Crippen LogP contribution >= 0.6 is 11.3 Å². The molecule has 1 atom stereocenters. The van der Waals surface area contributed by atoms with Crippen molar-refractivity contribution in [3.05, 3.63) is 229 Å². The van der Waals surface area contributed by atoms with Crippen LogP contribution in [-0.4, -0.2) is 11.7 Å². The summed E-state index contributed by atoms with van der Waals surface area (Å²) in [5.41, 5.74) is 11.7. The summed E-state index contributed by atoms with van der Waals surface area (Å²) in [6, 6.07) is 75.9. The summed E-state index contributed by atoms with van der Waals surface area (Å²) in [5.74, 6) is 1.47. The van der Waals surface area contributed by atoms with E-state index < -0.39 is 0 Å². The van der Waals surface area contributed by atoms with Crippen molar-refractivity contribution in [3.8, 4) is 33.4 Å². The van der Waals surface area contributed by atoms with Crippen LogP contribution in [0.1, 0.15) is 22.9 Å². The molecule has 1 aliphatic rings. The third kappa shape index (κ3) is 6.12. The standard InChI is InChI=1S/C59H37N3OS/c1-2-11-36(12-3-1)37-21-25-40(26-22-37)57-60-58(62-59(61-57)44-29-32-54-49(34-44)47-18-8-9-20-53(47)64-54)41-27-23-39(24-28-41)55-48(46-19-10-16-38-13-6-7-17-45(38)46)30-31-51-56(55)50-33-42-14-4-5-15-43(42)35-52(50)63-51/h1-35,59H,(H,60,61,62). The zero-order chi connectivity index (χ0) is 42.1. The van der Waals surface area contributed by atoms with Gasteiger partial charge in [0.2, 0.25) is 0 Å². The largest absolute Gasteiger partial charge is 0.456 e. The van der Waals surface area contributed by atoms with Gasteiger partial charge in [-0.25, -0.2) is 9.98 Å². The highest BCUT2D eigenvalue weighted by atomic mass is 32.1. The lowest BCUT2D eigenvalue weighted by Crippen LogP contribution is -2.33. The van der Waals surface area contributed by atoms with Gasteiger partial charge in [-0.05, 0) is 97.4 Å². The van der Waals surface area contributed by atoms with Gasteiger partial charge in [0.05, 0.1) is 0 Å². The van der Waals surface area contributed by atoms with Gasteiger partial charge in [0.15, 0.2) is 5.84 Å². The SMILES string of the molecule is c1ccc(-c2ccc(C3=NC(c4ccc5sc6ccccc6c5c4)NC(c4ccc(-c5c(-c6cccc7ccccc67)ccc6oc7cc8ccccc8cc7c56)cc4)=N3)cc2)cc1. The van der Waals surface area contributed by atoms with Crippen LogP contribution in [0.3, 0.4) is 0 Å². The zero-order valence-corrected chi connectivity index (χ0v) is 35.3. The zero-order valence-electron chi connectivity index (χ0n) is 34.5.